The second-order valence-electron chi connectivity index (χ2n) is 5.85. The maximum Gasteiger partial charge on any atom is 0.234 e. The zero-order valence-corrected chi connectivity index (χ0v) is 14.2. The third-order valence-corrected chi connectivity index (χ3v) is 4.52. The molecular weight excluding hydrogens is 324 g/mol. The average molecular weight is 345 g/mol. The van der Waals surface area contributed by atoms with Gasteiger partial charge >= 0.3 is 0 Å². The molecule has 1 saturated heterocycles. The predicted molar refractivity (Wildman–Crippen MR) is 94.7 cm³/mol. The van der Waals surface area contributed by atoms with Gasteiger partial charge in [0.1, 0.15) is 0 Å². The Kier molecular flexibility index (Phi) is 5.80. The third kappa shape index (κ3) is 4.32. The Labute approximate surface area is 147 Å². The molecule has 1 aromatic carbocycles. The molecule has 5 nitrogen and oxygen atoms in total. The van der Waals surface area contributed by atoms with E-state index in [-0.39, 0.29) is 11.9 Å². The number of rotatable bonds is 5. The molecule has 3 rings (SSSR count). The molecular formula is C18H21ClN4O. The van der Waals surface area contributed by atoms with Gasteiger partial charge < -0.3 is 10.6 Å². The highest BCUT2D eigenvalue weighted by atomic mass is 35.5. The van der Waals surface area contributed by atoms with Crippen molar-refractivity contribution in [2.24, 2.45) is 0 Å². The van der Waals surface area contributed by atoms with Crippen molar-refractivity contribution < 1.29 is 4.79 Å². The largest absolute Gasteiger partial charge is 0.351 e. The number of pyridine rings is 1. The van der Waals surface area contributed by atoms with Gasteiger partial charge in [-0.2, -0.15) is 0 Å². The van der Waals surface area contributed by atoms with Crippen LogP contribution in [0.5, 0.6) is 0 Å². The normalized spacial score (nSPS) is 18.3. The number of halogens is 1. The van der Waals surface area contributed by atoms with Crippen LogP contribution in [0.4, 0.5) is 0 Å². The molecule has 1 unspecified atom stereocenters. The smallest absolute Gasteiger partial charge is 0.234 e. The number of nitrogens with zero attached hydrogens (tertiary/aromatic N) is 2. The van der Waals surface area contributed by atoms with Gasteiger partial charge in [-0.15, -0.1) is 0 Å². The van der Waals surface area contributed by atoms with E-state index in [2.05, 4.69) is 20.5 Å². The van der Waals surface area contributed by atoms with Gasteiger partial charge in [-0.05, 0) is 23.3 Å². The minimum absolute atomic E-state index is 0.0119. The molecule has 0 bridgehead atoms. The van der Waals surface area contributed by atoms with Crippen molar-refractivity contribution in [1.29, 1.82) is 0 Å². The summed E-state index contributed by atoms with van der Waals surface area (Å²) in [6.45, 7) is 3.33. The van der Waals surface area contributed by atoms with Crippen LogP contribution in [-0.4, -0.2) is 42.0 Å². The monoisotopic (exact) mass is 344 g/mol. The number of aromatic nitrogens is 1. The van der Waals surface area contributed by atoms with Crippen LogP contribution in [0.15, 0.2) is 48.8 Å². The number of hydrogen-bond acceptors (Lipinski definition) is 4. The van der Waals surface area contributed by atoms with E-state index in [1.807, 2.05) is 36.4 Å². The quantitative estimate of drug-likeness (QED) is 0.871. The topological polar surface area (TPSA) is 57.3 Å². The lowest BCUT2D eigenvalue weighted by Gasteiger charge is -2.36. The van der Waals surface area contributed by atoms with E-state index in [4.69, 9.17) is 11.6 Å². The zero-order valence-electron chi connectivity index (χ0n) is 13.4. The highest BCUT2D eigenvalue weighted by Crippen LogP contribution is 2.28. The summed E-state index contributed by atoms with van der Waals surface area (Å²) in [7, 11) is 0. The SMILES string of the molecule is O=C(CN1CCNCC1c1ccccc1Cl)NCc1cccnc1. The number of benzene rings is 1. The molecule has 0 saturated carbocycles. The van der Waals surface area contributed by atoms with E-state index in [1.54, 1.807) is 12.4 Å². The van der Waals surface area contributed by atoms with Crippen LogP contribution in [0.25, 0.3) is 0 Å². The van der Waals surface area contributed by atoms with Crippen molar-refractivity contribution in [1.82, 2.24) is 20.5 Å². The van der Waals surface area contributed by atoms with Gasteiger partial charge in [0.25, 0.3) is 0 Å². The summed E-state index contributed by atoms with van der Waals surface area (Å²) in [5.74, 6) is 0.0119. The van der Waals surface area contributed by atoms with E-state index < -0.39 is 0 Å². The molecule has 0 spiro atoms. The van der Waals surface area contributed by atoms with Crippen molar-refractivity contribution in [3.8, 4) is 0 Å². The summed E-state index contributed by atoms with van der Waals surface area (Å²) in [6, 6.07) is 11.8. The van der Waals surface area contributed by atoms with Gasteiger partial charge in [-0.3, -0.25) is 14.7 Å². The van der Waals surface area contributed by atoms with E-state index in [9.17, 15) is 4.79 Å². The first-order valence-electron chi connectivity index (χ1n) is 8.09. The molecule has 2 aromatic rings. The fourth-order valence-electron chi connectivity index (χ4n) is 2.93. The lowest BCUT2D eigenvalue weighted by molar-refractivity contribution is -0.123. The molecule has 1 fully saturated rings. The van der Waals surface area contributed by atoms with E-state index in [0.717, 1.165) is 35.8 Å². The first-order chi connectivity index (χ1) is 11.7. The molecule has 1 amide bonds. The Balaban J connectivity index is 1.61. The Morgan fingerprint density at radius 2 is 2.21 bits per heavy atom. The lowest BCUT2D eigenvalue weighted by Crippen LogP contribution is -2.49. The second kappa shape index (κ2) is 8.24. The summed E-state index contributed by atoms with van der Waals surface area (Å²) < 4.78 is 0. The first kappa shape index (κ1) is 16.9. The summed E-state index contributed by atoms with van der Waals surface area (Å²) in [4.78, 5) is 18.6. The maximum atomic E-state index is 12.3. The van der Waals surface area contributed by atoms with Gasteiger partial charge in [0.15, 0.2) is 0 Å². The molecule has 0 radical (unpaired) electrons. The van der Waals surface area contributed by atoms with E-state index in [1.165, 1.54) is 0 Å². The fourth-order valence-corrected chi connectivity index (χ4v) is 3.19. The molecule has 1 atom stereocenters. The highest BCUT2D eigenvalue weighted by Gasteiger charge is 2.26. The summed E-state index contributed by atoms with van der Waals surface area (Å²) in [5.41, 5.74) is 2.06. The van der Waals surface area contributed by atoms with Gasteiger partial charge in [0.05, 0.1) is 6.54 Å². The van der Waals surface area contributed by atoms with Crippen molar-refractivity contribution >= 4 is 17.5 Å². The predicted octanol–water partition coefficient (Wildman–Crippen LogP) is 2.00. The Morgan fingerprint density at radius 1 is 1.33 bits per heavy atom. The number of amides is 1. The van der Waals surface area contributed by atoms with Crippen molar-refractivity contribution in [3.05, 3.63) is 64.9 Å². The van der Waals surface area contributed by atoms with Gasteiger partial charge in [-0.1, -0.05) is 35.9 Å². The lowest BCUT2D eigenvalue weighted by atomic mass is 10.0. The number of piperazine rings is 1. The Bertz CT molecular complexity index is 680. The minimum atomic E-state index is 0.0119. The fraction of sp³-hybridized carbons (Fsp3) is 0.333. The molecule has 1 aromatic heterocycles. The van der Waals surface area contributed by atoms with Gasteiger partial charge in [0.2, 0.25) is 5.91 Å². The summed E-state index contributed by atoms with van der Waals surface area (Å²) in [5, 5.41) is 7.08. The molecule has 6 heteroatoms. The average Bonchev–Trinajstić information content (AvgIpc) is 2.62. The van der Waals surface area contributed by atoms with E-state index >= 15 is 0 Å². The maximum absolute atomic E-state index is 12.3. The van der Waals surface area contributed by atoms with Crippen LogP contribution in [0.1, 0.15) is 17.2 Å². The molecule has 0 aliphatic carbocycles. The Morgan fingerprint density at radius 3 is 3.00 bits per heavy atom. The van der Waals surface area contributed by atoms with Crippen LogP contribution in [0, 0.1) is 0 Å². The Hall–Kier alpha value is -1.95. The number of hydrogen-bond donors (Lipinski definition) is 2. The second-order valence-corrected chi connectivity index (χ2v) is 6.26. The van der Waals surface area contributed by atoms with Crippen molar-refractivity contribution in [2.75, 3.05) is 26.2 Å². The van der Waals surface area contributed by atoms with Gasteiger partial charge in [0, 0.05) is 49.6 Å². The third-order valence-electron chi connectivity index (χ3n) is 4.18. The van der Waals surface area contributed by atoms with Crippen molar-refractivity contribution in [2.45, 2.75) is 12.6 Å². The minimum Gasteiger partial charge on any atom is -0.351 e. The highest BCUT2D eigenvalue weighted by molar-refractivity contribution is 6.31. The van der Waals surface area contributed by atoms with Gasteiger partial charge in [-0.25, -0.2) is 0 Å². The molecule has 2 heterocycles. The zero-order chi connectivity index (χ0) is 16.8. The van der Waals surface area contributed by atoms with Crippen LogP contribution < -0.4 is 10.6 Å². The van der Waals surface area contributed by atoms with Crippen LogP contribution >= 0.6 is 11.6 Å². The number of carbonyl (C=O) groups is 1. The molecule has 1 aliphatic heterocycles. The molecule has 24 heavy (non-hydrogen) atoms. The van der Waals surface area contributed by atoms with Crippen molar-refractivity contribution in [3.63, 3.8) is 0 Å². The standard InChI is InChI=1S/C18H21ClN4O/c19-16-6-2-1-5-15(16)17-12-21-8-9-23(17)13-18(24)22-11-14-4-3-7-20-10-14/h1-7,10,17,21H,8-9,11-13H2,(H,22,24). The first-order valence-corrected chi connectivity index (χ1v) is 8.46. The molecule has 126 valence electrons. The van der Waals surface area contributed by atoms with E-state index in [0.29, 0.717) is 13.1 Å². The molecule has 2 N–H and O–H groups in total. The number of nitrogens with one attached hydrogen (secondary N) is 2. The summed E-state index contributed by atoms with van der Waals surface area (Å²) >= 11 is 6.34. The van der Waals surface area contributed by atoms with Crippen LogP contribution in [0.3, 0.4) is 0 Å². The number of carbonyl (C=O) groups excluding carboxylic acids is 1. The van der Waals surface area contributed by atoms with Crippen LogP contribution in [0.2, 0.25) is 5.02 Å². The molecule has 1 aliphatic rings. The van der Waals surface area contributed by atoms with Crippen LogP contribution in [-0.2, 0) is 11.3 Å². The summed E-state index contributed by atoms with van der Waals surface area (Å²) in [6.07, 6.45) is 3.48.